The van der Waals surface area contributed by atoms with Crippen LogP contribution in [-0.4, -0.2) is 9.13 Å². The Balaban J connectivity index is 1.21. The highest BCUT2D eigenvalue weighted by molar-refractivity contribution is 6.13. The predicted molar refractivity (Wildman–Crippen MR) is 261 cm³/mol. The molecule has 0 aliphatic carbocycles. The maximum atomic E-state index is 14.0. The molecule has 2 heterocycles. The van der Waals surface area contributed by atoms with Gasteiger partial charge in [-0.25, -0.2) is 0 Å². The fraction of sp³-hybridized carbons (Fsp3) is 0.0508. The molecule has 0 atom stereocenters. The van der Waals surface area contributed by atoms with Crippen molar-refractivity contribution in [2.45, 2.75) is 20.0 Å². The SMILES string of the molecule is Cc1cccc(-c2ccc3c(c2)c2ccccc2n3-c2ccc(C#N)cc2-c2ccc(-c3ccc(C(F)(F)F)cc3C#N)cc2-n2c3ccccc3c3cc(-c4cccc(C)c4)ccc32)c1. The van der Waals surface area contributed by atoms with Crippen LogP contribution in [0.4, 0.5) is 13.2 Å². The van der Waals surface area contributed by atoms with Gasteiger partial charge in [-0.3, -0.25) is 0 Å². The lowest BCUT2D eigenvalue weighted by Crippen LogP contribution is -2.05. The highest BCUT2D eigenvalue weighted by Crippen LogP contribution is 2.44. The monoisotopic (exact) mass is 858 g/mol. The van der Waals surface area contributed by atoms with Crippen LogP contribution >= 0.6 is 0 Å². The predicted octanol–water partition coefficient (Wildman–Crippen LogP) is 15.9. The number of benzene rings is 9. The summed E-state index contributed by atoms with van der Waals surface area (Å²) in [4.78, 5) is 0. The standard InChI is InChI=1S/C59H37F3N4/c1-36-9-7-11-39(27-36)41-19-25-56-51(31-41)47-13-3-5-15-53(47)65(56)55-24-17-38(34-63)29-50(55)49-22-18-43(46-23-21-45(59(60,61)62)30-44(46)35-64)33-58(49)66-54-16-6-4-14-48(54)52-32-42(20-26-57(52)66)40-12-8-10-37(2)28-40/h3-33H,1-2H3. The smallest absolute Gasteiger partial charge is 0.309 e. The Bertz CT molecular complexity index is 3870. The van der Waals surface area contributed by atoms with Crippen molar-refractivity contribution in [2.24, 2.45) is 0 Å². The van der Waals surface area contributed by atoms with Gasteiger partial charge in [0.15, 0.2) is 0 Å². The molecule has 11 rings (SSSR count). The van der Waals surface area contributed by atoms with Gasteiger partial charge in [0.1, 0.15) is 0 Å². The summed E-state index contributed by atoms with van der Waals surface area (Å²) in [5.74, 6) is 0. The molecule has 0 radical (unpaired) electrons. The second kappa shape index (κ2) is 15.6. The number of aryl methyl sites for hydroxylation is 2. The number of alkyl halides is 3. The van der Waals surface area contributed by atoms with Crippen molar-refractivity contribution in [3.8, 4) is 68.0 Å². The second-order valence-electron chi connectivity index (χ2n) is 16.9. The lowest BCUT2D eigenvalue weighted by Gasteiger charge is -2.20. The number of nitrogens with zero attached hydrogens (tertiary/aromatic N) is 4. The van der Waals surface area contributed by atoms with E-state index in [0.29, 0.717) is 16.7 Å². The molecular weight excluding hydrogens is 822 g/mol. The molecule has 4 nitrogen and oxygen atoms in total. The van der Waals surface area contributed by atoms with Crippen LogP contribution in [-0.2, 0) is 6.18 Å². The lowest BCUT2D eigenvalue weighted by molar-refractivity contribution is -0.137. The zero-order chi connectivity index (χ0) is 45.3. The molecule has 2 aromatic heterocycles. The first-order valence-electron chi connectivity index (χ1n) is 21.6. The molecule has 0 aliphatic heterocycles. The number of hydrogen-bond acceptors (Lipinski definition) is 2. The van der Waals surface area contributed by atoms with Crippen molar-refractivity contribution >= 4 is 43.6 Å². The molecule has 11 aromatic rings. The van der Waals surface area contributed by atoms with Crippen LogP contribution in [0.1, 0.15) is 27.8 Å². The molecule has 9 aromatic carbocycles. The van der Waals surface area contributed by atoms with E-state index >= 15 is 0 Å². The number of aromatic nitrogens is 2. The summed E-state index contributed by atoms with van der Waals surface area (Å²) in [6.45, 7) is 4.17. The van der Waals surface area contributed by atoms with Gasteiger partial charge in [0.2, 0.25) is 0 Å². The third-order valence-corrected chi connectivity index (χ3v) is 12.7. The maximum absolute atomic E-state index is 14.0. The average molecular weight is 859 g/mol. The van der Waals surface area contributed by atoms with E-state index < -0.39 is 11.7 Å². The summed E-state index contributed by atoms with van der Waals surface area (Å²) in [7, 11) is 0. The van der Waals surface area contributed by atoms with Crippen molar-refractivity contribution in [2.75, 3.05) is 0 Å². The molecule has 0 fully saturated rings. The Labute approximate surface area is 378 Å². The Morgan fingerprint density at radius 1 is 0.394 bits per heavy atom. The Morgan fingerprint density at radius 3 is 1.48 bits per heavy atom. The number of halogens is 3. The average Bonchev–Trinajstić information content (AvgIpc) is 3.85. The van der Waals surface area contributed by atoms with Gasteiger partial charge >= 0.3 is 6.18 Å². The van der Waals surface area contributed by atoms with Gasteiger partial charge in [0, 0.05) is 32.7 Å². The topological polar surface area (TPSA) is 57.4 Å². The molecule has 0 aliphatic rings. The molecule has 0 saturated heterocycles. The van der Waals surface area contributed by atoms with Gasteiger partial charge in [0.05, 0.1) is 62.3 Å². The van der Waals surface area contributed by atoms with E-state index in [1.54, 1.807) is 0 Å². The molecule has 0 saturated carbocycles. The zero-order valence-corrected chi connectivity index (χ0v) is 35.8. The summed E-state index contributed by atoms with van der Waals surface area (Å²) in [6, 6.07) is 65.7. The van der Waals surface area contributed by atoms with Crippen LogP contribution in [0.15, 0.2) is 188 Å². The minimum Gasteiger partial charge on any atom is -0.309 e. The Morgan fingerprint density at radius 2 is 0.924 bits per heavy atom. The van der Waals surface area contributed by atoms with Crippen LogP contribution in [0.25, 0.3) is 99.5 Å². The van der Waals surface area contributed by atoms with Gasteiger partial charge in [0.25, 0.3) is 0 Å². The highest BCUT2D eigenvalue weighted by atomic mass is 19.4. The molecular formula is C59H37F3N4. The van der Waals surface area contributed by atoms with Crippen LogP contribution in [0.3, 0.4) is 0 Å². The van der Waals surface area contributed by atoms with Crippen molar-refractivity contribution in [1.29, 1.82) is 10.5 Å². The van der Waals surface area contributed by atoms with Crippen molar-refractivity contribution in [3.63, 3.8) is 0 Å². The normalized spacial score (nSPS) is 11.7. The summed E-state index contributed by atoms with van der Waals surface area (Å²) in [5, 5.41) is 24.9. The van der Waals surface area contributed by atoms with E-state index in [-0.39, 0.29) is 5.56 Å². The van der Waals surface area contributed by atoms with Gasteiger partial charge in [-0.15, -0.1) is 0 Å². The molecule has 66 heavy (non-hydrogen) atoms. The van der Waals surface area contributed by atoms with Crippen LogP contribution in [0, 0.1) is 36.5 Å². The van der Waals surface area contributed by atoms with E-state index in [0.717, 1.165) is 106 Å². The molecule has 0 spiro atoms. The molecule has 0 amide bonds. The Kier molecular flexibility index (Phi) is 9.46. The number of para-hydroxylation sites is 2. The lowest BCUT2D eigenvalue weighted by atomic mass is 9.93. The fourth-order valence-corrected chi connectivity index (χ4v) is 9.67. The number of nitriles is 2. The summed E-state index contributed by atoms with van der Waals surface area (Å²) >= 11 is 0. The number of rotatable bonds is 6. The minimum atomic E-state index is -4.61. The van der Waals surface area contributed by atoms with E-state index in [9.17, 15) is 23.7 Å². The minimum absolute atomic E-state index is 0.0870. The fourth-order valence-electron chi connectivity index (χ4n) is 9.67. The first-order valence-corrected chi connectivity index (χ1v) is 21.6. The third kappa shape index (κ3) is 6.69. The third-order valence-electron chi connectivity index (χ3n) is 12.7. The number of hydrogen-bond donors (Lipinski definition) is 0. The number of fused-ring (bicyclic) bond motifs is 6. The van der Waals surface area contributed by atoms with Crippen molar-refractivity contribution in [1.82, 2.24) is 9.13 Å². The highest BCUT2D eigenvalue weighted by Gasteiger charge is 2.31. The van der Waals surface area contributed by atoms with Gasteiger partial charge in [-0.05, 0) is 120 Å². The first-order chi connectivity index (χ1) is 32.1. The van der Waals surface area contributed by atoms with E-state index in [2.05, 4.69) is 138 Å². The molecule has 7 heteroatoms. The maximum Gasteiger partial charge on any atom is 0.416 e. The zero-order valence-electron chi connectivity index (χ0n) is 35.8. The van der Waals surface area contributed by atoms with Gasteiger partial charge < -0.3 is 9.13 Å². The molecule has 0 unspecified atom stereocenters. The first kappa shape index (κ1) is 40.1. The van der Waals surface area contributed by atoms with Gasteiger partial charge in [-0.2, -0.15) is 23.7 Å². The van der Waals surface area contributed by atoms with Crippen LogP contribution in [0.5, 0.6) is 0 Å². The van der Waals surface area contributed by atoms with Gasteiger partial charge in [-0.1, -0.05) is 126 Å². The van der Waals surface area contributed by atoms with E-state index in [1.165, 1.54) is 11.6 Å². The molecule has 0 N–H and O–H groups in total. The van der Waals surface area contributed by atoms with Crippen molar-refractivity contribution in [3.05, 3.63) is 216 Å². The van der Waals surface area contributed by atoms with E-state index in [4.69, 9.17) is 0 Å². The largest absolute Gasteiger partial charge is 0.416 e. The molecule has 0 bridgehead atoms. The second-order valence-corrected chi connectivity index (χ2v) is 16.9. The quantitative estimate of drug-likeness (QED) is 0.167. The van der Waals surface area contributed by atoms with Crippen molar-refractivity contribution < 1.29 is 13.2 Å². The van der Waals surface area contributed by atoms with Crippen LogP contribution < -0.4 is 0 Å². The summed E-state index contributed by atoms with van der Waals surface area (Å²) in [5.41, 5.74) is 14.1. The summed E-state index contributed by atoms with van der Waals surface area (Å²) < 4.78 is 46.4. The molecule has 314 valence electrons. The van der Waals surface area contributed by atoms with Crippen LogP contribution in [0.2, 0.25) is 0 Å². The Hall–Kier alpha value is -8.65. The van der Waals surface area contributed by atoms with E-state index in [1.807, 2.05) is 66.7 Å². The summed E-state index contributed by atoms with van der Waals surface area (Å²) in [6.07, 6.45) is -4.61.